The second-order valence-corrected chi connectivity index (χ2v) is 4.53. The van der Waals surface area contributed by atoms with Gasteiger partial charge < -0.3 is 5.73 Å². The monoisotopic (exact) mass is 268 g/mol. The minimum Gasteiger partial charge on any atom is -0.330 e. The number of hydrogen-bond donors (Lipinski definition) is 1. The van der Waals surface area contributed by atoms with E-state index in [1.54, 1.807) is 0 Å². The molecule has 0 radical (unpaired) electrons. The van der Waals surface area contributed by atoms with Gasteiger partial charge in [-0.05, 0) is 18.7 Å². The molecule has 2 aromatic rings. The number of nitro groups is 1. The fraction of sp³-hybridized carbons (Fsp3) is 0.200. The predicted octanol–water partition coefficient (Wildman–Crippen LogP) is 1.75. The zero-order valence-corrected chi connectivity index (χ0v) is 9.98. The highest BCUT2D eigenvalue weighted by molar-refractivity contribution is 7.14. The maximum Gasteiger partial charge on any atom is 0.305 e. The molecule has 18 heavy (non-hydrogen) atoms. The van der Waals surface area contributed by atoms with Crippen LogP contribution >= 0.6 is 11.3 Å². The number of halogens is 1. The van der Waals surface area contributed by atoms with Crippen LogP contribution in [0.2, 0.25) is 0 Å². The van der Waals surface area contributed by atoms with Crippen molar-refractivity contribution in [2.45, 2.75) is 6.42 Å². The largest absolute Gasteiger partial charge is 0.330 e. The average Bonchev–Trinajstić information content (AvgIpc) is 2.78. The molecule has 2 N–H and O–H groups in total. The summed E-state index contributed by atoms with van der Waals surface area (Å²) in [6, 6.07) is 3.65. The van der Waals surface area contributed by atoms with Gasteiger partial charge in [0.15, 0.2) is 0 Å². The number of nitrogens with two attached hydrogens (primary N) is 1. The van der Waals surface area contributed by atoms with Gasteiger partial charge in [0, 0.05) is 18.1 Å². The van der Waals surface area contributed by atoms with Gasteiger partial charge in [0.1, 0.15) is 10.0 Å². The zero-order valence-electron chi connectivity index (χ0n) is 9.17. The van der Waals surface area contributed by atoms with E-state index in [-0.39, 0.29) is 0 Å². The molecule has 94 valence electrons. The first kappa shape index (κ1) is 12.5. The molecule has 0 atom stereocenters. The first-order chi connectivity index (χ1) is 8.61. The Morgan fingerprint density at radius 2 is 2.22 bits per heavy atom. The SMILES string of the molecule is NCCc1nnc(-c2ccc(F)c([N+](=O)[O-])c2)s1. The zero-order chi connectivity index (χ0) is 13.1. The molecule has 0 amide bonds. The normalized spacial score (nSPS) is 10.6. The molecule has 8 heteroatoms. The molecule has 0 unspecified atom stereocenters. The summed E-state index contributed by atoms with van der Waals surface area (Å²) in [7, 11) is 0. The van der Waals surface area contributed by atoms with Gasteiger partial charge in [0.25, 0.3) is 0 Å². The van der Waals surface area contributed by atoms with E-state index in [2.05, 4.69) is 10.2 Å². The van der Waals surface area contributed by atoms with Crippen molar-refractivity contribution in [2.75, 3.05) is 6.54 Å². The molecule has 6 nitrogen and oxygen atoms in total. The highest BCUT2D eigenvalue weighted by atomic mass is 32.1. The van der Waals surface area contributed by atoms with Crippen LogP contribution in [-0.4, -0.2) is 21.7 Å². The molecule has 0 aliphatic carbocycles. The van der Waals surface area contributed by atoms with E-state index in [9.17, 15) is 14.5 Å². The highest BCUT2D eigenvalue weighted by Crippen LogP contribution is 2.28. The first-order valence-electron chi connectivity index (χ1n) is 5.08. The number of aromatic nitrogens is 2. The Balaban J connectivity index is 2.38. The van der Waals surface area contributed by atoms with E-state index >= 15 is 0 Å². The molecule has 1 aromatic carbocycles. The summed E-state index contributed by atoms with van der Waals surface area (Å²) in [6.45, 7) is 0.457. The molecule has 0 saturated heterocycles. The van der Waals surface area contributed by atoms with Crippen molar-refractivity contribution < 1.29 is 9.31 Å². The maximum atomic E-state index is 13.2. The van der Waals surface area contributed by atoms with Crippen molar-refractivity contribution in [1.82, 2.24) is 10.2 Å². The molecular weight excluding hydrogens is 259 g/mol. The number of rotatable bonds is 4. The fourth-order valence-corrected chi connectivity index (χ4v) is 2.23. The molecule has 0 aliphatic rings. The van der Waals surface area contributed by atoms with Crippen LogP contribution in [0.15, 0.2) is 18.2 Å². The van der Waals surface area contributed by atoms with Gasteiger partial charge in [-0.25, -0.2) is 0 Å². The van der Waals surface area contributed by atoms with Crippen LogP contribution in [0.5, 0.6) is 0 Å². The third-order valence-corrected chi connectivity index (χ3v) is 3.25. The minimum absolute atomic E-state index is 0.457. The summed E-state index contributed by atoms with van der Waals surface area (Å²) in [5.41, 5.74) is 5.30. The van der Waals surface area contributed by atoms with E-state index in [1.807, 2.05) is 0 Å². The van der Waals surface area contributed by atoms with Crippen molar-refractivity contribution in [1.29, 1.82) is 0 Å². The lowest BCUT2D eigenvalue weighted by Gasteiger charge is -1.97. The van der Waals surface area contributed by atoms with Gasteiger partial charge in [-0.2, -0.15) is 4.39 Å². The number of nitro benzene ring substituents is 1. The molecular formula is C10H9FN4O2S. The quantitative estimate of drug-likeness (QED) is 0.673. The van der Waals surface area contributed by atoms with Crippen LogP contribution in [0.4, 0.5) is 10.1 Å². The molecule has 0 saturated carbocycles. The van der Waals surface area contributed by atoms with Gasteiger partial charge >= 0.3 is 5.69 Å². The summed E-state index contributed by atoms with van der Waals surface area (Å²) in [5.74, 6) is -0.865. The summed E-state index contributed by atoms with van der Waals surface area (Å²) in [6.07, 6.45) is 0.598. The molecule has 1 aromatic heterocycles. The van der Waals surface area contributed by atoms with E-state index in [1.165, 1.54) is 17.4 Å². The Kier molecular flexibility index (Phi) is 3.58. The molecule has 2 rings (SSSR count). The van der Waals surface area contributed by atoms with Crippen molar-refractivity contribution in [3.05, 3.63) is 39.1 Å². The van der Waals surface area contributed by atoms with Crippen molar-refractivity contribution >= 4 is 17.0 Å². The topological polar surface area (TPSA) is 94.9 Å². The minimum atomic E-state index is -0.865. The molecule has 0 fully saturated rings. The Hall–Kier alpha value is -1.93. The standard InChI is InChI=1S/C10H9FN4O2S/c11-7-2-1-6(5-8(7)15(16)17)10-14-13-9(18-10)3-4-12/h1-2,5H,3-4,12H2. The Morgan fingerprint density at radius 1 is 1.44 bits per heavy atom. The Morgan fingerprint density at radius 3 is 2.89 bits per heavy atom. The van der Waals surface area contributed by atoms with E-state index in [4.69, 9.17) is 5.73 Å². The van der Waals surface area contributed by atoms with Crippen molar-refractivity contribution in [3.8, 4) is 10.6 Å². The van der Waals surface area contributed by atoms with E-state index < -0.39 is 16.4 Å². The molecule has 1 heterocycles. The maximum absolute atomic E-state index is 13.2. The fourth-order valence-electron chi connectivity index (χ4n) is 1.38. The van der Waals surface area contributed by atoms with Gasteiger partial charge in [-0.1, -0.05) is 11.3 Å². The average molecular weight is 268 g/mol. The Labute approximate surface area is 105 Å². The summed E-state index contributed by atoms with van der Waals surface area (Å²) >= 11 is 1.29. The van der Waals surface area contributed by atoms with Crippen LogP contribution in [0.25, 0.3) is 10.6 Å². The third-order valence-electron chi connectivity index (χ3n) is 2.21. The third kappa shape index (κ3) is 2.49. The van der Waals surface area contributed by atoms with Crippen molar-refractivity contribution in [3.63, 3.8) is 0 Å². The highest BCUT2D eigenvalue weighted by Gasteiger charge is 2.16. The van der Waals surface area contributed by atoms with Gasteiger partial charge in [0.2, 0.25) is 5.82 Å². The van der Waals surface area contributed by atoms with Gasteiger partial charge in [0.05, 0.1) is 4.92 Å². The van der Waals surface area contributed by atoms with Gasteiger partial charge in [-0.15, -0.1) is 10.2 Å². The number of hydrogen-bond acceptors (Lipinski definition) is 6. The molecule has 0 aliphatic heterocycles. The molecule has 0 spiro atoms. The smallest absolute Gasteiger partial charge is 0.305 e. The van der Waals surface area contributed by atoms with Crippen LogP contribution in [0.1, 0.15) is 5.01 Å². The summed E-state index contributed by atoms with van der Waals surface area (Å²) in [5, 5.41) is 19.7. The van der Waals surface area contributed by atoms with Gasteiger partial charge in [-0.3, -0.25) is 10.1 Å². The van der Waals surface area contributed by atoms with Crippen LogP contribution in [0, 0.1) is 15.9 Å². The second-order valence-electron chi connectivity index (χ2n) is 3.46. The van der Waals surface area contributed by atoms with E-state index in [0.29, 0.717) is 23.5 Å². The second kappa shape index (κ2) is 5.15. The van der Waals surface area contributed by atoms with E-state index in [0.717, 1.165) is 17.1 Å². The van der Waals surface area contributed by atoms with Crippen LogP contribution in [0.3, 0.4) is 0 Å². The summed E-state index contributed by atoms with van der Waals surface area (Å²) in [4.78, 5) is 9.87. The number of nitrogens with zero attached hydrogens (tertiary/aromatic N) is 3. The lowest BCUT2D eigenvalue weighted by molar-refractivity contribution is -0.387. The lowest BCUT2D eigenvalue weighted by Crippen LogP contribution is -2.01. The predicted molar refractivity (Wildman–Crippen MR) is 64.7 cm³/mol. The lowest BCUT2D eigenvalue weighted by atomic mass is 10.2. The van der Waals surface area contributed by atoms with Crippen LogP contribution < -0.4 is 5.73 Å². The van der Waals surface area contributed by atoms with Crippen molar-refractivity contribution in [2.24, 2.45) is 5.73 Å². The molecule has 0 bridgehead atoms. The number of benzene rings is 1. The van der Waals surface area contributed by atoms with Crippen LogP contribution in [-0.2, 0) is 6.42 Å². The Bertz CT molecular complexity index is 587. The summed E-state index contributed by atoms with van der Waals surface area (Å²) < 4.78 is 13.2. The first-order valence-corrected chi connectivity index (χ1v) is 5.90.